The van der Waals surface area contributed by atoms with Gasteiger partial charge in [0.1, 0.15) is 17.3 Å². The number of hydrogen-bond donors (Lipinski definition) is 0. The normalized spacial score (nSPS) is 17.4. The average molecular weight is 533 g/mol. The number of pyridine rings is 1. The predicted octanol–water partition coefficient (Wildman–Crippen LogP) is 6.63. The third-order valence-electron chi connectivity index (χ3n) is 8.20. The fourth-order valence-corrected chi connectivity index (χ4v) is 6.84. The minimum atomic E-state index is -0.235. The van der Waals surface area contributed by atoms with Crippen LogP contribution in [0.3, 0.4) is 0 Å². The Hall–Kier alpha value is -2.97. The maximum absolute atomic E-state index is 13.4. The molecule has 4 aromatic rings. The van der Waals surface area contributed by atoms with Crippen molar-refractivity contribution in [3.8, 4) is 11.3 Å². The van der Waals surface area contributed by atoms with Gasteiger partial charge < -0.3 is 9.80 Å². The largest absolute Gasteiger partial charge is 0.368 e. The maximum atomic E-state index is 13.4. The van der Waals surface area contributed by atoms with Gasteiger partial charge in [-0.2, -0.15) is 0 Å². The minimum Gasteiger partial charge on any atom is -0.368 e. The molecule has 6 nitrogen and oxygen atoms in total. The average Bonchev–Trinajstić information content (AvgIpc) is 3.59. The number of aromatic nitrogens is 3. The van der Waals surface area contributed by atoms with Crippen molar-refractivity contribution in [2.24, 2.45) is 5.92 Å². The number of anilines is 3. The molecule has 4 heterocycles. The van der Waals surface area contributed by atoms with E-state index >= 15 is 0 Å². The second kappa shape index (κ2) is 11.0. The molecule has 1 saturated carbocycles. The Morgan fingerprint density at radius 2 is 1.74 bits per heavy atom. The molecule has 0 unspecified atom stereocenters. The van der Waals surface area contributed by atoms with Crippen LogP contribution in [0.2, 0.25) is 0 Å². The number of rotatable bonds is 7. The van der Waals surface area contributed by atoms with Gasteiger partial charge in [0.15, 0.2) is 5.13 Å². The highest BCUT2D eigenvalue weighted by atomic mass is 32.1. The number of aryl methyl sites for hydroxylation is 1. The lowest BCUT2D eigenvalue weighted by Gasteiger charge is -2.38. The highest BCUT2D eigenvalue weighted by molar-refractivity contribution is 7.14. The minimum absolute atomic E-state index is 0.235. The van der Waals surface area contributed by atoms with Crippen LogP contribution in [-0.4, -0.2) is 59.0 Å². The molecule has 2 aliphatic rings. The fraction of sp³-hybridized carbons (Fsp3) is 0.467. The zero-order chi connectivity index (χ0) is 26.1. The van der Waals surface area contributed by atoms with Crippen molar-refractivity contribution in [1.29, 1.82) is 0 Å². The van der Waals surface area contributed by atoms with Gasteiger partial charge in [0, 0.05) is 56.9 Å². The summed E-state index contributed by atoms with van der Waals surface area (Å²) in [5.41, 5.74) is 5.03. The first-order chi connectivity index (χ1) is 18.6. The van der Waals surface area contributed by atoms with Gasteiger partial charge in [-0.25, -0.2) is 14.4 Å². The first kappa shape index (κ1) is 25.3. The highest BCUT2D eigenvalue weighted by Gasteiger charge is 2.23. The van der Waals surface area contributed by atoms with E-state index in [2.05, 4.69) is 51.4 Å². The van der Waals surface area contributed by atoms with Crippen LogP contribution < -0.4 is 9.80 Å². The Labute approximate surface area is 228 Å². The van der Waals surface area contributed by atoms with Crippen LogP contribution in [0.4, 0.5) is 21.0 Å². The lowest BCUT2D eigenvalue weighted by molar-refractivity contribution is 0.192. The third kappa shape index (κ3) is 5.16. The number of thiazole rings is 1. The lowest BCUT2D eigenvalue weighted by Crippen LogP contribution is -2.48. The number of benzene rings is 1. The summed E-state index contributed by atoms with van der Waals surface area (Å²) in [6.45, 7) is 7.82. The van der Waals surface area contributed by atoms with Crippen molar-refractivity contribution < 1.29 is 4.39 Å². The Bertz CT molecular complexity index is 1370. The number of hydrogen-bond acceptors (Lipinski definition) is 6. The van der Waals surface area contributed by atoms with E-state index in [0.717, 1.165) is 72.1 Å². The van der Waals surface area contributed by atoms with E-state index in [1.54, 1.807) is 23.5 Å². The van der Waals surface area contributed by atoms with E-state index in [1.165, 1.54) is 56.5 Å². The van der Waals surface area contributed by atoms with E-state index < -0.39 is 0 Å². The molecular formula is C30H37FN6S. The van der Waals surface area contributed by atoms with Crippen molar-refractivity contribution in [3.63, 3.8) is 0 Å². The first-order valence-corrected chi connectivity index (χ1v) is 14.9. The molecule has 8 heteroatoms. The van der Waals surface area contributed by atoms with Crippen molar-refractivity contribution in [1.82, 2.24) is 19.3 Å². The van der Waals surface area contributed by atoms with Crippen molar-refractivity contribution in [2.75, 3.05) is 49.6 Å². The number of fused-ring (bicyclic) bond motifs is 1. The molecule has 0 spiro atoms. The van der Waals surface area contributed by atoms with Crippen molar-refractivity contribution in [2.45, 2.75) is 45.4 Å². The van der Waals surface area contributed by atoms with Gasteiger partial charge in [0.25, 0.3) is 0 Å². The van der Waals surface area contributed by atoms with Gasteiger partial charge in [-0.15, -0.1) is 11.3 Å². The SMILES string of the molecule is CCc1nc2ccc(N3CCN(CC4CCCCC4)CC3)cn2c1N(C)c1nc(-c2ccc(F)cc2)cs1. The molecule has 0 N–H and O–H groups in total. The smallest absolute Gasteiger partial charge is 0.191 e. The lowest BCUT2D eigenvalue weighted by atomic mass is 9.89. The molecule has 2 fully saturated rings. The summed E-state index contributed by atoms with van der Waals surface area (Å²) in [5, 5.41) is 2.93. The van der Waals surface area contributed by atoms with Crippen molar-refractivity contribution in [3.05, 3.63) is 59.5 Å². The summed E-state index contributed by atoms with van der Waals surface area (Å²) in [6, 6.07) is 10.9. The van der Waals surface area contributed by atoms with Crippen LogP contribution in [0.15, 0.2) is 48.0 Å². The summed E-state index contributed by atoms with van der Waals surface area (Å²) < 4.78 is 15.6. The number of nitrogens with zero attached hydrogens (tertiary/aromatic N) is 6. The molecule has 0 atom stereocenters. The Morgan fingerprint density at radius 1 is 0.974 bits per heavy atom. The van der Waals surface area contributed by atoms with Gasteiger partial charge in [0.2, 0.25) is 0 Å². The molecule has 0 bridgehead atoms. The Balaban J connectivity index is 1.21. The van der Waals surface area contributed by atoms with Crippen LogP contribution in [0.5, 0.6) is 0 Å². The van der Waals surface area contributed by atoms with Crippen molar-refractivity contribution >= 4 is 33.6 Å². The zero-order valence-corrected chi connectivity index (χ0v) is 23.3. The molecule has 38 heavy (non-hydrogen) atoms. The summed E-state index contributed by atoms with van der Waals surface area (Å²) in [4.78, 5) is 17.2. The van der Waals surface area contributed by atoms with E-state index in [-0.39, 0.29) is 5.82 Å². The van der Waals surface area contributed by atoms with Gasteiger partial charge in [-0.1, -0.05) is 26.2 Å². The number of halogens is 1. The molecule has 1 saturated heterocycles. The molecule has 0 radical (unpaired) electrons. The highest BCUT2D eigenvalue weighted by Crippen LogP contribution is 2.34. The van der Waals surface area contributed by atoms with Gasteiger partial charge >= 0.3 is 0 Å². The summed E-state index contributed by atoms with van der Waals surface area (Å²) in [5.74, 6) is 1.72. The predicted molar refractivity (Wildman–Crippen MR) is 155 cm³/mol. The summed E-state index contributed by atoms with van der Waals surface area (Å²) in [7, 11) is 2.06. The third-order valence-corrected chi connectivity index (χ3v) is 9.11. The van der Waals surface area contributed by atoms with Crippen LogP contribution in [0, 0.1) is 11.7 Å². The summed E-state index contributed by atoms with van der Waals surface area (Å²) >= 11 is 1.59. The quantitative estimate of drug-likeness (QED) is 0.267. The molecule has 6 rings (SSSR count). The molecule has 3 aromatic heterocycles. The first-order valence-electron chi connectivity index (χ1n) is 14.0. The Morgan fingerprint density at radius 3 is 2.47 bits per heavy atom. The Kier molecular flexibility index (Phi) is 7.34. The topological polar surface area (TPSA) is 39.9 Å². The monoisotopic (exact) mass is 532 g/mol. The van der Waals surface area contributed by atoms with Gasteiger partial charge in [-0.3, -0.25) is 9.30 Å². The molecular weight excluding hydrogens is 495 g/mol. The standard InChI is InChI=1S/C30H37FN6S/c1-3-26-29(34(2)30-33-27(21-38-30)23-9-11-24(31)12-10-23)37-20-25(13-14-28(37)32-26)36-17-15-35(16-18-36)19-22-7-5-4-6-8-22/h9-14,20-22H,3-8,15-19H2,1-2H3. The van der Waals surface area contributed by atoms with Gasteiger partial charge in [0.05, 0.1) is 17.1 Å². The maximum Gasteiger partial charge on any atom is 0.191 e. The summed E-state index contributed by atoms with van der Waals surface area (Å²) in [6.07, 6.45) is 10.2. The molecule has 0 amide bonds. The van der Waals surface area contributed by atoms with Crippen LogP contribution in [0.25, 0.3) is 16.9 Å². The van der Waals surface area contributed by atoms with E-state index in [9.17, 15) is 4.39 Å². The molecule has 1 aromatic carbocycles. The molecule has 200 valence electrons. The van der Waals surface area contributed by atoms with Crippen LogP contribution in [-0.2, 0) is 6.42 Å². The van der Waals surface area contributed by atoms with Gasteiger partial charge in [-0.05, 0) is 61.6 Å². The van der Waals surface area contributed by atoms with E-state index in [4.69, 9.17) is 9.97 Å². The molecule has 1 aliphatic carbocycles. The number of piperazine rings is 1. The second-order valence-electron chi connectivity index (χ2n) is 10.7. The molecule has 1 aliphatic heterocycles. The van der Waals surface area contributed by atoms with E-state index in [0.29, 0.717) is 0 Å². The van der Waals surface area contributed by atoms with E-state index in [1.807, 2.05) is 5.38 Å². The zero-order valence-electron chi connectivity index (χ0n) is 22.4. The number of imidazole rings is 1. The fourth-order valence-electron chi connectivity index (χ4n) is 6.03. The second-order valence-corrected chi connectivity index (χ2v) is 11.6. The van der Waals surface area contributed by atoms with Crippen LogP contribution in [0.1, 0.15) is 44.7 Å². The van der Waals surface area contributed by atoms with Crippen LogP contribution >= 0.6 is 11.3 Å².